The average Bonchev–Trinajstić information content (AvgIpc) is 2.46. The largest absolute Gasteiger partial charge is 0.476 e. The van der Waals surface area contributed by atoms with Gasteiger partial charge in [-0.25, -0.2) is 4.79 Å². The number of carbonyl (C=O) groups is 1. The molecule has 1 unspecified atom stereocenters. The summed E-state index contributed by atoms with van der Waals surface area (Å²) in [5.74, 6) is -1.22. The number of rotatable bonds is 4. The van der Waals surface area contributed by atoms with Gasteiger partial charge in [0.2, 0.25) is 0 Å². The van der Waals surface area contributed by atoms with E-state index in [0.29, 0.717) is 0 Å². The molecule has 0 aliphatic carbocycles. The number of nitrogens with two attached hydrogens (primary N) is 1. The molecule has 0 fully saturated rings. The average molecular weight is 201 g/mol. The Morgan fingerprint density at radius 2 is 2.36 bits per heavy atom. The van der Waals surface area contributed by atoms with Crippen LogP contribution in [-0.2, 0) is 6.54 Å². The Kier molecular flexibility index (Phi) is 3.05. The molecule has 1 aromatic heterocycles. The summed E-state index contributed by atoms with van der Waals surface area (Å²) in [6.07, 6.45) is 0.318. The molecule has 0 aliphatic heterocycles. The van der Waals surface area contributed by atoms with Gasteiger partial charge < -0.3 is 21.1 Å². The van der Waals surface area contributed by atoms with E-state index in [1.807, 2.05) is 0 Å². The summed E-state index contributed by atoms with van der Waals surface area (Å²) in [6, 6.07) is 0. The van der Waals surface area contributed by atoms with Crippen LogP contribution in [0.4, 0.5) is 5.69 Å². The zero-order chi connectivity index (χ0) is 10.7. The normalized spacial score (nSPS) is 12.7. The van der Waals surface area contributed by atoms with Crippen molar-refractivity contribution in [2.45, 2.75) is 12.6 Å². The fourth-order valence-corrected chi connectivity index (χ4v) is 0.970. The van der Waals surface area contributed by atoms with Gasteiger partial charge in [0.1, 0.15) is 0 Å². The first-order chi connectivity index (χ1) is 6.54. The van der Waals surface area contributed by atoms with Crippen molar-refractivity contribution in [1.29, 1.82) is 0 Å². The third-order valence-corrected chi connectivity index (χ3v) is 1.60. The lowest BCUT2D eigenvalue weighted by Gasteiger charge is -2.05. The van der Waals surface area contributed by atoms with Gasteiger partial charge in [0, 0.05) is 6.20 Å². The molecule has 0 amide bonds. The van der Waals surface area contributed by atoms with Crippen LogP contribution in [0.3, 0.4) is 0 Å². The number of hydrogen-bond donors (Lipinski definition) is 4. The van der Waals surface area contributed by atoms with E-state index in [2.05, 4.69) is 5.10 Å². The van der Waals surface area contributed by atoms with Gasteiger partial charge in [-0.1, -0.05) is 0 Å². The number of aliphatic hydroxyl groups excluding tert-OH is 2. The number of hydrogen-bond acceptors (Lipinski definition) is 5. The van der Waals surface area contributed by atoms with E-state index in [1.165, 1.54) is 10.9 Å². The van der Waals surface area contributed by atoms with Crippen molar-refractivity contribution < 1.29 is 20.1 Å². The summed E-state index contributed by atoms with van der Waals surface area (Å²) in [6.45, 7) is -0.407. The van der Waals surface area contributed by atoms with Crippen LogP contribution in [0, 0.1) is 0 Å². The number of aromatic nitrogens is 2. The highest BCUT2D eigenvalue weighted by Gasteiger charge is 2.14. The lowest BCUT2D eigenvalue weighted by molar-refractivity contribution is 0.0681. The van der Waals surface area contributed by atoms with Crippen molar-refractivity contribution in [3.05, 3.63) is 11.9 Å². The molecule has 1 aromatic rings. The molecule has 78 valence electrons. The third kappa shape index (κ3) is 2.21. The maximum absolute atomic E-state index is 10.5. The van der Waals surface area contributed by atoms with Gasteiger partial charge in [-0.05, 0) is 0 Å². The number of nitrogens with zero attached hydrogens (tertiary/aromatic N) is 2. The van der Waals surface area contributed by atoms with Gasteiger partial charge in [-0.15, -0.1) is 0 Å². The van der Waals surface area contributed by atoms with Crippen molar-refractivity contribution in [3.8, 4) is 0 Å². The zero-order valence-electron chi connectivity index (χ0n) is 7.29. The van der Waals surface area contributed by atoms with Gasteiger partial charge in [0.15, 0.2) is 5.69 Å². The first-order valence-electron chi connectivity index (χ1n) is 3.89. The highest BCUT2D eigenvalue weighted by molar-refractivity contribution is 5.91. The minimum Gasteiger partial charge on any atom is -0.476 e. The summed E-state index contributed by atoms with van der Waals surface area (Å²) in [4.78, 5) is 10.5. The fourth-order valence-electron chi connectivity index (χ4n) is 0.970. The maximum Gasteiger partial charge on any atom is 0.358 e. The molecule has 1 atom stereocenters. The van der Waals surface area contributed by atoms with Crippen LogP contribution in [0.1, 0.15) is 10.5 Å². The highest BCUT2D eigenvalue weighted by atomic mass is 16.4. The molecule has 1 rings (SSSR count). The molecule has 14 heavy (non-hydrogen) atoms. The van der Waals surface area contributed by atoms with Crippen LogP contribution >= 0.6 is 0 Å². The number of aliphatic hydroxyl groups is 2. The van der Waals surface area contributed by atoms with Gasteiger partial charge in [-0.3, -0.25) is 4.68 Å². The van der Waals surface area contributed by atoms with Crippen molar-refractivity contribution in [1.82, 2.24) is 9.78 Å². The number of carboxylic acid groups (broad SMARTS) is 1. The van der Waals surface area contributed by atoms with Crippen LogP contribution < -0.4 is 5.73 Å². The van der Waals surface area contributed by atoms with Crippen molar-refractivity contribution in [3.63, 3.8) is 0 Å². The summed E-state index contributed by atoms with van der Waals surface area (Å²) in [5, 5.41) is 29.8. The summed E-state index contributed by atoms with van der Waals surface area (Å²) in [7, 11) is 0. The quantitative estimate of drug-likeness (QED) is 0.471. The Morgan fingerprint density at radius 1 is 1.71 bits per heavy atom. The molecule has 0 saturated heterocycles. The molecule has 5 N–H and O–H groups in total. The van der Waals surface area contributed by atoms with Crippen molar-refractivity contribution >= 4 is 11.7 Å². The molecule has 7 nitrogen and oxygen atoms in total. The van der Waals surface area contributed by atoms with E-state index in [0.717, 1.165) is 0 Å². The van der Waals surface area contributed by atoms with Crippen LogP contribution in [0.25, 0.3) is 0 Å². The first-order valence-corrected chi connectivity index (χ1v) is 3.89. The Labute approximate surface area is 79.4 Å². The Hall–Kier alpha value is -1.60. The van der Waals surface area contributed by atoms with Crippen LogP contribution in [0.5, 0.6) is 0 Å². The number of nitrogen functional groups attached to an aromatic ring is 1. The predicted molar refractivity (Wildman–Crippen MR) is 46.7 cm³/mol. The van der Waals surface area contributed by atoms with Crippen LogP contribution in [-0.4, -0.2) is 43.8 Å². The molecule has 7 heteroatoms. The molecule has 0 aliphatic rings. The second-order valence-corrected chi connectivity index (χ2v) is 2.80. The topological polar surface area (TPSA) is 122 Å². The lowest BCUT2D eigenvalue weighted by Crippen LogP contribution is -2.20. The third-order valence-electron chi connectivity index (χ3n) is 1.60. The van der Waals surface area contributed by atoms with Gasteiger partial charge in [0.05, 0.1) is 24.9 Å². The zero-order valence-corrected chi connectivity index (χ0v) is 7.29. The maximum atomic E-state index is 10.5. The van der Waals surface area contributed by atoms with E-state index < -0.39 is 18.7 Å². The summed E-state index contributed by atoms with van der Waals surface area (Å²) in [5.41, 5.74) is 5.13. The van der Waals surface area contributed by atoms with Crippen LogP contribution in [0.2, 0.25) is 0 Å². The molecule has 0 bridgehead atoms. The Balaban J connectivity index is 2.81. The molecule has 0 radical (unpaired) electrons. The van der Waals surface area contributed by atoms with E-state index in [1.54, 1.807) is 0 Å². The number of carboxylic acids is 1. The smallest absolute Gasteiger partial charge is 0.358 e. The van der Waals surface area contributed by atoms with E-state index in [-0.39, 0.29) is 17.9 Å². The number of anilines is 1. The van der Waals surface area contributed by atoms with E-state index in [4.69, 9.17) is 21.1 Å². The van der Waals surface area contributed by atoms with Crippen molar-refractivity contribution in [2.75, 3.05) is 12.3 Å². The predicted octanol–water partition coefficient (Wildman–Crippen LogP) is -1.48. The minimum atomic E-state index is -1.22. The molecule has 0 aromatic carbocycles. The summed E-state index contributed by atoms with van der Waals surface area (Å²) < 4.78 is 1.18. The van der Waals surface area contributed by atoms with Crippen molar-refractivity contribution in [2.24, 2.45) is 0 Å². The van der Waals surface area contributed by atoms with Crippen LogP contribution in [0.15, 0.2) is 6.20 Å². The molecular weight excluding hydrogens is 190 g/mol. The second kappa shape index (κ2) is 4.07. The second-order valence-electron chi connectivity index (χ2n) is 2.80. The summed E-state index contributed by atoms with van der Waals surface area (Å²) >= 11 is 0. The standard InChI is InChI=1S/C7H11N3O4/c8-5-2-10(1-4(12)3-11)9-6(5)7(13)14/h2,4,11-12H,1,3,8H2,(H,13,14). The molecular formula is C7H11N3O4. The monoisotopic (exact) mass is 201 g/mol. The molecule has 0 saturated carbocycles. The lowest BCUT2D eigenvalue weighted by atomic mass is 10.4. The number of aromatic carboxylic acids is 1. The minimum absolute atomic E-state index is 0.00792. The van der Waals surface area contributed by atoms with Gasteiger partial charge >= 0.3 is 5.97 Å². The SMILES string of the molecule is Nc1cn(CC(O)CO)nc1C(=O)O. The molecule has 0 spiro atoms. The Morgan fingerprint density at radius 3 is 2.79 bits per heavy atom. The molecule has 1 heterocycles. The van der Waals surface area contributed by atoms with E-state index in [9.17, 15) is 4.79 Å². The van der Waals surface area contributed by atoms with Gasteiger partial charge in [0.25, 0.3) is 0 Å². The van der Waals surface area contributed by atoms with E-state index >= 15 is 0 Å². The highest BCUT2D eigenvalue weighted by Crippen LogP contribution is 2.08. The fraction of sp³-hybridized carbons (Fsp3) is 0.429. The van der Waals surface area contributed by atoms with Gasteiger partial charge in [-0.2, -0.15) is 5.10 Å². The Bertz CT molecular complexity index is 336. The first kappa shape index (κ1) is 10.5.